The minimum atomic E-state index is -3.75. The van der Waals surface area contributed by atoms with Gasteiger partial charge >= 0.3 is 0 Å². The molecule has 0 radical (unpaired) electrons. The quantitative estimate of drug-likeness (QED) is 0.528. The molecule has 0 fully saturated rings. The molecule has 3 aromatic carbocycles. The number of carbonyl (C=O) groups is 1. The number of amides is 1. The van der Waals surface area contributed by atoms with Crippen molar-refractivity contribution in [3.05, 3.63) is 95.6 Å². The van der Waals surface area contributed by atoms with E-state index in [1.807, 2.05) is 68.4 Å². The van der Waals surface area contributed by atoms with Gasteiger partial charge in [0.1, 0.15) is 5.75 Å². The lowest BCUT2D eigenvalue weighted by molar-refractivity contribution is 0.0939. The van der Waals surface area contributed by atoms with Crippen LogP contribution in [0.5, 0.6) is 5.75 Å². The molecule has 7 heteroatoms. The van der Waals surface area contributed by atoms with Crippen molar-refractivity contribution in [2.24, 2.45) is 0 Å². The van der Waals surface area contributed by atoms with Crippen molar-refractivity contribution in [2.45, 2.75) is 31.3 Å². The summed E-state index contributed by atoms with van der Waals surface area (Å²) in [5, 5.41) is 2.91. The molecule has 162 valence electrons. The molecule has 0 bridgehead atoms. The third-order valence-corrected chi connectivity index (χ3v) is 6.13. The van der Waals surface area contributed by atoms with Crippen LogP contribution in [0.2, 0.25) is 0 Å². The van der Waals surface area contributed by atoms with Crippen molar-refractivity contribution in [3.8, 4) is 5.75 Å². The van der Waals surface area contributed by atoms with Gasteiger partial charge in [0.15, 0.2) is 0 Å². The minimum Gasteiger partial charge on any atom is -0.494 e. The fourth-order valence-electron chi connectivity index (χ4n) is 3.07. The van der Waals surface area contributed by atoms with Gasteiger partial charge in [0.25, 0.3) is 5.91 Å². The second-order valence-electron chi connectivity index (χ2n) is 7.04. The lowest BCUT2D eigenvalue weighted by atomic mass is 10.1. The van der Waals surface area contributed by atoms with Gasteiger partial charge in [0.05, 0.1) is 17.5 Å². The average molecular weight is 439 g/mol. The van der Waals surface area contributed by atoms with E-state index in [0.29, 0.717) is 6.61 Å². The number of benzene rings is 3. The molecule has 0 spiro atoms. The van der Waals surface area contributed by atoms with Gasteiger partial charge in [-0.3, -0.25) is 4.79 Å². The fraction of sp³-hybridized carbons (Fsp3) is 0.208. The first-order chi connectivity index (χ1) is 14.9. The molecule has 0 saturated carbocycles. The molecule has 3 aromatic rings. The van der Waals surface area contributed by atoms with E-state index in [9.17, 15) is 13.2 Å². The molecule has 0 aliphatic carbocycles. The van der Waals surface area contributed by atoms with Crippen LogP contribution < -0.4 is 14.8 Å². The number of nitrogens with one attached hydrogen (secondary N) is 2. The molecule has 0 saturated heterocycles. The summed E-state index contributed by atoms with van der Waals surface area (Å²) in [7, 11) is -3.75. The first-order valence-electron chi connectivity index (χ1n) is 10.1. The zero-order valence-corrected chi connectivity index (χ0v) is 18.4. The van der Waals surface area contributed by atoms with E-state index in [2.05, 4.69) is 10.0 Å². The predicted octanol–water partition coefficient (Wildman–Crippen LogP) is 4.05. The zero-order chi connectivity index (χ0) is 22.3. The second kappa shape index (κ2) is 10.2. The number of rotatable bonds is 9. The largest absolute Gasteiger partial charge is 0.494 e. The maximum Gasteiger partial charge on any atom is 0.251 e. The molecular formula is C24H26N2O4S. The Balaban J connectivity index is 1.70. The summed E-state index contributed by atoms with van der Waals surface area (Å²) in [6.45, 7) is 4.51. The molecule has 31 heavy (non-hydrogen) atoms. The summed E-state index contributed by atoms with van der Waals surface area (Å²) in [4.78, 5) is 12.8. The topological polar surface area (TPSA) is 84.5 Å². The SMILES string of the molecule is CCOc1cccc(C(C)NC(=O)c2cccc(S(=O)(=O)NCc3ccccc3)c2)c1. The standard InChI is InChI=1S/C24H26N2O4S/c1-3-30-22-13-7-11-20(15-22)18(2)26-24(27)21-12-8-14-23(16-21)31(28,29)25-17-19-9-5-4-6-10-19/h4-16,18,25H,3,17H2,1-2H3,(H,26,27). The van der Waals surface area contributed by atoms with Crippen molar-refractivity contribution in [1.82, 2.24) is 10.0 Å². The Morgan fingerprint density at radius 3 is 2.45 bits per heavy atom. The number of hydrogen-bond donors (Lipinski definition) is 2. The van der Waals surface area contributed by atoms with Gasteiger partial charge in [-0.05, 0) is 55.3 Å². The number of sulfonamides is 1. The molecule has 6 nitrogen and oxygen atoms in total. The van der Waals surface area contributed by atoms with Crippen molar-refractivity contribution >= 4 is 15.9 Å². The first kappa shape index (κ1) is 22.5. The van der Waals surface area contributed by atoms with Gasteiger partial charge in [0.2, 0.25) is 10.0 Å². The van der Waals surface area contributed by atoms with Crippen LogP contribution in [0.15, 0.2) is 83.8 Å². The summed E-state index contributed by atoms with van der Waals surface area (Å²) in [6, 6.07) is 22.5. The fourth-order valence-corrected chi connectivity index (χ4v) is 4.13. The first-order valence-corrected chi connectivity index (χ1v) is 11.5. The predicted molar refractivity (Wildman–Crippen MR) is 120 cm³/mol. The van der Waals surface area contributed by atoms with Crippen LogP contribution in [-0.4, -0.2) is 20.9 Å². The molecule has 0 aliphatic heterocycles. The van der Waals surface area contributed by atoms with E-state index < -0.39 is 10.0 Å². The highest BCUT2D eigenvalue weighted by Crippen LogP contribution is 2.20. The van der Waals surface area contributed by atoms with Gasteiger partial charge in [0, 0.05) is 12.1 Å². The van der Waals surface area contributed by atoms with E-state index in [1.165, 1.54) is 12.1 Å². The van der Waals surface area contributed by atoms with E-state index in [1.54, 1.807) is 12.1 Å². The minimum absolute atomic E-state index is 0.0436. The van der Waals surface area contributed by atoms with Crippen molar-refractivity contribution in [3.63, 3.8) is 0 Å². The van der Waals surface area contributed by atoms with Crippen molar-refractivity contribution in [2.75, 3.05) is 6.61 Å². The van der Waals surface area contributed by atoms with E-state index in [4.69, 9.17) is 4.74 Å². The number of hydrogen-bond acceptors (Lipinski definition) is 4. The van der Waals surface area contributed by atoms with Gasteiger partial charge in [-0.15, -0.1) is 0 Å². The summed E-state index contributed by atoms with van der Waals surface area (Å²) >= 11 is 0. The monoisotopic (exact) mass is 438 g/mol. The van der Waals surface area contributed by atoms with Crippen molar-refractivity contribution in [1.29, 1.82) is 0 Å². The molecule has 0 heterocycles. The van der Waals surface area contributed by atoms with E-state index >= 15 is 0 Å². The van der Waals surface area contributed by atoms with Crippen LogP contribution in [0.4, 0.5) is 0 Å². The van der Waals surface area contributed by atoms with E-state index in [0.717, 1.165) is 16.9 Å². The summed E-state index contributed by atoms with van der Waals surface area (Å²) in [5.74, 6) is 0.383. The molecule has 0 aromatic heterocycles. The molecule has 2 N–H and O–H groups in total. The van der Waals surface area contributed by atoms with Crippen LogP contribution in [0.25, 0.3) is 0 Å². The molecule has 1 amide bonds. The molecular weight excluding hydrogens is 412 g/mol. The number of carbonyl (C=O) groups excluding carboxylic acids is 1. The highest BCUT2D eigenvalue weighted by molar-refractivity contribution is 7.89. The molecule has 0 aliphatic rings. The van der Waals surface area contributed by atoms with Crippen LogP contribution in [0, 0.1) is 0 Å². The Labute approximate surface area is 183 Å². The maximum absolute atomic E-state index is 12.7. The Hall–Kier alpha value is -3.16. The van der Waals surface area contributed by atoms with Gasteiger partial charge in [-0.2, -0.15) is 0 Å². The maximum atomic E-state index is 12.7. The van der Waals surface area contributed by atoms with Gasteiger partial charge in [-0.25, -0.2) is 13.1 Å². The highest BCUT2D eigenvalue weighted by Gasteiger charge is 2.17. The second-order valence-corrected chi connectivity index (χ2v) is 8.81. The van der Waals surface area contributed by atoms with Crippen LogP contribution in [0.3, 0.4) is 0 Å². The molecule has 1 unspecified atom stereocenters. The van der Waals surface area contributed by atoms with Crippen LogP contribution >= 0.6 is 0 Å². The Kier molecular flexibility index (Phi) is 7.44. The van der Waals surface area contributed by atoms with E-state index in [-0.39, 0.29) is 29.0 Å². The molecule has 1 atom stereocenters. The van der Waals surface area contributed by atoms with Crippen molar-refractivity contribution < 1.29 is 17.9 Å². The third kappa shape index (κ3) is 6.16. The molecule has 3 rings (SSSR count). The van der Waals surface area contributed by atoms with Crippen LogP contribution in [0.1, 0.15) is 41.4 Å². The van der Waals surface area contributed by atoms with Gasteiger partial charge in [-0.1, -0.05) is 48.5 Å². The lowest BCUT2D eigenvalue weighted by Crippen LogP contribution is -2.27. The Bertz CT molecular complexity index is 1130. The lowest BCUT2D eigenvalue weighted by Gasteiger charge is -2.16. The van der Waals surface area contributed by atoms with Crippen LogP contribution in [-0.2, 0) is 16.6 Å². The summed E-state index contributed by atoms with van der Waals surface area (Å²) < 4.78 is 33.4. The zero-order valence-electron chi connectivity index (χ0n) is 17.5. The number of ether oxygens (including phenoxy) is 1. The Morgan fingerprint density at radius 1 is 0.968 bits per heavy atom. The average Bonchev–Trinajstić information content (AvgIpc) is 2.79. The Morgan fingerprint density at radius 2 is 1.71 bits per heavy atom. The highest BCUT2D eigenvalue weighted by atomic mass is 32.2. The van der Waals surface area contributed by atoms with Gasteiger partial charge < -0.3 is 10.1 Å². The summed E-state index contributed by atoms with van der Waals surface area (Å²) in [6.07, 6.45) is 0. The normalized spacial score (nSPS) is 12.2. The smallest absolute Gasteiger partial charge is 0.251 e. The third-order valence-electron chi connectivity index (χ3n) is 4.73. The summed E-state index contributed by atoms with van der Waals surface area (Å²) in [5.41, 5.74) is 2.02.